The molecule has 4 atom stereocenters. The number of nitrogens with zero attached hydrogens (tertiary/aromatic N) is 1. The fourth-order valence-electron chi connectivity index (χ4n) is 4.02. The van der Waals surface area contributed by atoms with Gasteiger partial charge < -0.3 is 15.5 Å². The molecule has 3 rings (SSSR count). The Morgan fingerprint density at radius 2 is 2.04 bits per heavy atom. The van der Waals surface area contributed by atoms with Gasteiger partial charge in [0.2, 0.25) is 0 Å². The van der Waals surface area contributed by atoms with E-state index in [0.717, 1.165) is 50.6 Å². The summed E-state index contributed by atoms with van der Waals surface area (Å²) in [4.78, 5) is 14.7. The summed E-state index contributed by atoms with van der Waals surface area (Å²) in [5.74, 6) is 1.33. The molecule has 132 valence electrons. The highest BCUT2D eigenvalue weighted by molar-refractivity contribution is 7.85. The van der Waals surface area contributed by atoms with Crippen LogP contribution in [0.3, 0.4) is 0 Å². The number of carbonyl (C=O) groups excluding carboxylic acids is 1. The molecule has 0 aromatic carbocycles. The van der Waals surface area contributed by atoms with E-state index in [9.17, 15) is 9.00 Å². The van der Waals surface area contributed by atoms with Gasteiger partial charge in [0, 0.05) is 47.0 Å². The SMILES string of the molecule is CCS(=O)C1CCCC(NC(=O)NCC2CCN(C3CC3)C2)C1. The molecule has 1 heterocycles. The molecule has 1 saturated heterocycles. The molecule has 5 nitrogen and oxygen atoms in total. The molecule has 2 amide bonds. The lowest BCUT2D eigenvalue weighted by atomic mass is 9.95. The Bertz CT molecular complexity index is 442. The molecular weight excluding hydrogens is 310 g/mol. The molecule has 6 heteroatoms. The van der Waals surface area contributed by atoms with Crippen LogP contribution >= 0.6 is 0 Å². The fraction of sp³-hybridized carbons (Fsp3) is 0.941. The summed E-state index contributed by atoms with van der Waals surface area (Å²) in [6.45, 7) is 5.11. The second-order valence-electron chi connectivity index (χ2n) is 7.39. The number of rotatable bonds is 6. The standard InChI is InChI=1S/C17H31N3O2S/c1-2-23(22)16-5-3-4-14(10-16)19-17(21)18-11-13-8-9-20(12-13)15-6-7-15/h13-16H,2-12H2,1H3,(H2,18,19,21). The highest BCUT2D eigenvalue weighted by atomic mass is 32.2. The summed E-state index contributed by atoms with van der Waals surface area (Å²) < 4.78 is 12.0. The van der Waals surface area contributed by atoms with Gasteiger partial charge in [-0.15, -0.1) is 0 Å². The van der Waals surface area contributed by atoms with Gasteiger partial charge in [-0.2, -0.15) is 0 Å². The van der Waals surface area contributed by atoms with Gasteiger partial charge in [0.25, 0.3) is 0 Å². The van der Waals surface area contributed by atoms with E-state index < -0.39 is 10.8 Å². The number of hydrogen-bond acceptors (Lipinski definition) is 3. The van der Waals surface area contributed by atoms with Gasteiger partial charge in [0.1, 0.15) is 0 Å². The third-order valence-electron chi connectivity index (χ3n) is 5.55. The minimum atomic E-state index is -0.735. The lowest BCUT2D eigenvalue weighted by Crippen LogP contribution is -2.46. The maximum absolute atomic E-state index is 12.1. The second-order valence-corrected chi connectivity index (χ2v) is 9.40. The van der Waals surface area contributed by atoms with Gasteiger partial charge in [-0.1, -0.05) is 13.3 Å². The molecule has 0 radical (unpaired) electrons. The van der Waals surface area contributed by atoms with Crippen molar-refractivity contribution in [2.75, 3.05) is 25.4 Å². The predicted molar refractivity (Wildman–Crippen MR) is 94.0 cm³/mol. The summed E-state index contributed by atoms with van der Waals surface area (Å²) in [5.41, 5.74) is 0. The van der Waals surface area contributed by atoms with E-state index in [2.05, 4.69) is 15.5 Å². The van der Waals surface area contributed by atoms with Crippen molar-refractivity contribution in [1.29, 1.82) is 0 Å². The number of urea groups is 1. The summed E-state index contributed by atoms with van der Waals surface area (Å²) in [6.07, 6.45) is 7.93. The molecule has 0 bridgehead atoms. The van der Waals surface area contributed by atoms with E-state index in [1.54, 1.807) is 0 Å². The van der Waals surface area contributed by atoms with E-state index in [1.807, 2.05) is 6.92 Å². The topological polar surface area (TPSA) is 61.4 Å². The largest absolute Gasteiger partial charge is 0.338 e. The predicted octanol–water partition coefficient (Wildman–Crippen LogP) is 1.85. The Labute approximate surface area is 142 Å². The normalized spacial score (nSPS) is 33.3. The molecule has 3 aliphatic rings. The molecule has 0 aromatic rings. The van der Waals surface area contributed by atoms with Crippen LogP contribution in [0.1, 0.15) is 51.9 Å². The molecule has 4 unspecified atom stereocenters. The van der Waals surface area contributed by atoms with E-state index in [-0.39, 0.29) is 17.3 Å². The van der Waals surface area contributed by atoms with Crippen LogP contribution in [0, 0.1) is 5.92 Å². The first-order chi connectivity index (χ1) is 11.2. The van der Waals surface area contributed by atoms with Crippen molar-refractivity contribution >= 4 is 16.8 Å². The van der Waals surface area contributed by atoms with Crippen molar-refractivity contribution in [3.05, 3.63) is 0 Å². The molecule has 1 aliphatic heterocycles. The zero-order chi connectivity index (χ0) is 16.2. The summed E-state index contributed by atoms with van der Waals surface area (Å²) in [7, 11) is -0.735. The molecule has 0 spiro atoms. The summed E-state index contributed by atoms with van der Waals surface area (Å²) in [6, 6.07) is 0.992. The summed E-state index contributed by atoms with van der Waals surface area (Å²) >= 11 is 0. The highest BCUT2D eigenvalue weighted by Gasteiger charge is 2.34. The van der Waals surface area contributed by atoms with E-state index >= 15 is 0 Å². The maximum atomic E-state index is 12.1. The van der Waals surface area contributed by atoms with Crippen LogP contribution in [0.2, 0.25) is 0 Å². The van der Waals surface area contributed by atoms with Crippen LogP contribution in [-0.4, -0.2) is 57.9 Å². The lowest BCUT2D eigenvalue weighted by molar-refractivity contribution is 0.230. The van der Waals surface area contributed by atoms with Crippen LogP contribution in [0.4, 0.5) is 4.79 Å². The monoisotopic (exact) mass is 341 g/mol. The van der Waals surface area contributed by atoms with E-state index in [4.69, 9.17) is 0 Å². The Morgan fingerprint density at radius 3 is 2.78 bits per heavy atom. The minimum Gasteiger partial charge on any atom is -0.338 e. The molecule has 0 aromatic heterocycles. The quantitative estimate of drug-likeness (QED) is 0.775. The molecule has 23 heavy (non-hydrogen) atoms. The molecule has 2 aliphatic carbocycles. The van der Waals surface area contributed by atoms with Gasteiger partial charge in [-0.05, 0) is 51.0 Å². The number of carbonyl (C=O) groups is 1. The van der Waals surface area contributed by atoms with E-state index in [1.165, 1.54) is 25.8 Å². The first-order valence-corrected chi connectivity index (χ1v) is 10.7. The van der Waals surface area contributed by atoms with Gasteiger partial charge in [-0.3, -0.25) is 4.21 Å². The number of hydrogen-bond donors (Lipinski definition) is 2. The lowest BCUT2D eigenvalue weighted by Gasteiger charge is -2.29. The van der Waals surface area contributed by atoms with Crippen molar-refractivity contribution in [3.8, 4) is 0 Å². The Morgan fingerprint density at radius 1 is 1.22 bits per heavy atom. The van der Waals surface area contributed by atoms with Crippen LogP contribution in [0.5, 0.6) is 0 Å². The maximum Gasteiger partial charge on any atom is 0.315 e. The molecule has 2 saturated carbocycles. The van der Waals surface area contributed by atoms with Gasteiger partial charge in [0.15, 0.2) is 0 Å². The van der Waals surface area contributed by atoms with Crippen molar-refractivity contribution in [2.45, 2.75) is 69.2 Å². The average molecular weight is 342 g/mol. The van der Waals surface area contributed by atoms with Crippen LogP contribution < -0.4 is 10.6 Å². The minimum absolute atomic E-state index is 0.0391. The smallest absolute Gasteiger partial charge is 0.315 e. The zero-order valence-electron chi connectivity index (χ0n) is 14.3. The molecular formula is C17H31N3O2S. The number of likely N-dealkylation sites (tertiary alicyclic amines) is 1. The summed E-state index contributed by atoms with van der Waals surface area (Å²) in [5, 5.41) is 6.42. The van der Waals surface area contributed by atoms with Crippen LogP contribution in [0.15, 0.2) is 0 Å². The number of nitrogens with one attached hydrogen (secondary N) is 2. The fourth-order valence-corrected chi connectivity index (χ4v) is 5.37. The van der Waals surface area contributed by atoms with Crippen molar-refractivity contribution < 1.29 is 9.00 Å². The van der Waals surface area contributed by atoms with Crippen LogP contribution in [0.25, 0.3) is 0 Å². The Balaban J connectivity index is 1.35. The van der Waals surface area contributed by atoms with Crippen molar-refractivity contribution in [3.63, 3.8) is 0 Å². The first-order valence-electron chi connectivity index (χ1n) is 9.31. The third-order valence-corrected chi connectivity index (χ3v) is 7.29. The van der Waals surface area contributed by atoms with Crippen molar-refractivity contribution in [1.82, 2.24) is 15.5 Å². The highest BCUT2D eigenvalue weighted by Crippen LogP contribution is 2.31. The Hall–Kier alpha value is -0.620. The van der Waals surface area contributed by atoms with E-state index in [0.29, 0.717) is 5.92 Å². The zero-order valence-corrected chi connectivity index (χ0v) is 15.1. The Kier molecular flexibility index (Phi) is 5.96. The van der Waals surface area contributed by atoms with Gasteiger partial charge >= 0.3 is 6.03 Å². The third kappa shape index (κ3) is 4.92. The van der Waals surface area contributed by atoms with Crippen molar-refractivity contribution in [2.24, 2.45) is 5.92 Å². The second kappa shape index (κ2) is 7.97. The van der Waals surface area contributed by atoms with Crippen LogP contribution in [-0.2, 0) is 10.8 Å². The molecule has 2 N–H and O–H groups in total. The van der Waals surface area contributed by atoms with Gasteiger partial charge in [0.05, 0.1) is 0 Å². The molecule has 3 fully saturated rings. The number of amides is 2. The first kappa shape index (κ1) is 17.2. The van der Waals surface area contributed by atoms with Gasteiger partial charge in [-0.25, -0.2) is 4.79 Å². The average Bonchev–Trinajstić information content (AvgIpc) is 3.31.